The number of nitrogens with one attached hydrogen (secondary N) is 1. The van der Waals surface area contributed by atoms with Crippen molar-refractivity contribution < 1.29 is 9.53 Å². The smallest absolute Gasteiger partial charge is 0.181 e. The Morgan fingerprint density at radius 1 is 1.11 bits per heavy atom. The molecular weight excluding hydrogens is 436 g/mol. The Balaban J connectivity index is 1.43. The number of nitrogens with zero attached hydrogens (tertiary/aromatic N) is 1. The molecule has 4 rings (SSSR count). The first-order chi connectivity index (χ1) is 13.6. The summed E-state index contributed by atoms with van der Waals surface area (Å²) in [6.07, 6.45) is 0. The van der Waals surface area contributed by atoms with Crippen molar-refractivity contribution in [1.29, 1.82) is 0 Å². The first-order valence-electron chi connectivity index (χ1n) is 8.70. The third-order valence-corrected chi connectivity index (χ3v) is 6.06. The minimum absolute atomic E-state index is 0.0126. The number of hydrogen-bond acceptors (Lipinski definition) is 5. The summed E-state index contributed by atoms with van der Waals surface area (Å²) in [6.45, 7) is 0.221. The second kappa shape index (κ2) is 8.12. The topological polar surface area (TPSA) is 51.2 Å². The summed E-state index contributed by atoms with van der Waals surface area (Å²) >= 11 is 5.09. The van der Waals surface area contributed by atoms with Crippen LogP contribution in [-0.4, -0.2) is 24.4 Å². The lowest BCUT2D eigenvalue weighted by atomic mass is 10.1. The number of halogens is 1. The van der Waals surface area contributed by atoms with E-state index < -0.39 is 0 Å². The average Bonchev–Trinajstić information content (AvgIpc) is 3.16. The van der Waals surface area contributed by atoms with Crippen molar-refractivity contribution in [3.8, 4) is 16.3 Å². The highest BCUT2D eigenvalue weighted by Gasteiger charge is 2.10. The number of ketones is 1. The summed E-state index contributed by atoms with van der Waals surface area (Å²) < 4.78 is 7.14. The molecule has 6 heteroatoms. The maximum atomic E-state index is 12.4. The van der Waals surface area contributed by atoms with E-state index in [-0.39, 0.29) is 12.3 Å². The Morgan fingerprint density at radius 3 is 2.61 bits per heavy atom. The van der Waals surface area contributed by atoms with Crippen LogP contribution in [0.4, 0.5) is 5.69 Å². The third kappa shape index (κ3) is 3.93. The quantitative estimate of drug-likeness (QED) is 0.362. The molecule has 0 aliphatic rings. The molecule has 0 bridgehead atoms. The van der Waals surface area contributed by atoms with Gasteiger partial charge in [-0.15, -0.1) is 11.3 Å². The molecule has 1 N–H and O–H groups in total. The Morgan fingerprint density at radius 2 is 1.89 bits per heavy atom. The SMILES string of the molecule is COc1ccc(C(=O)CNc2ccc(-c3nc4ccccc4s3)cc2)cc1Br. The predicted octanol–water partition coefficient (Wildman–Crippen LogP) is 6.03. The summed E-state index contributed by atoms with van der Waals surface area (Å²) in [4.78, 5) is 17.1. The zero-order chi connectivity index (χ0) is 19.5. The van der Waals surface area contributed by atoms with E-state index in [1.54, 1.807) is 36.6 Å². The molecule has 0 unspecified atom stereocenters. The maximum Gasteiger partial charge on any atom is 0.181 e. The number of rotatable bonds is 6. The van der Waals surface area contributed by atoms with E-state index in [4.69, 9.17) is 4.74 Å². The van der Waals surface area contributed by atoms with Crippen molar-refractivity contribution in [3.05, 3.63) is 76.8 Å². The van der Waals surface area contributed by atoms with Gasteiger partial charge in [-0.05, 0) is 70.5 Å². The Bertz CT molecular complexity index is 1110. The fraction of sp³-hybridized carbons (Fsp3) is 0.0909. The number of carbonyl (C=O) groups is 1. The van der Waals surface area contributed by atoms with Gasteiger partial charge in [0.1, 0.15) is 10.8 Å². The van der Waals surface area contributed by atoms with Crippen LogP contribution in [0.25, 0.3) is 20.8 Å². The summed E-state index contributed by atoms with van der Waals surface area (Å²) in [7, 11) is 1.60. The van der Waals surface area contributed by atoms with Crippen LogP contribution in [0.5, 0.6) is 5.75 Å². The van der Waals surface area contributed by atoms with Crippen LogP contribution in [0.1, 0.15) is 10.4 Å². The Kier molecular flexibility index (Phi) is 5.41. The van der Waals surface area contributed by atoms with Gasteiger partial charge in [-0.3, -0.25) is 4.79 Å². The fourth-order valence-electron chi connectivity index (χ4n) is 2.85. The number of carbonyl (C=O) groups excluding carboxylic acids is 1. The van der Waals surface area contributed by atoms with Crippen LogP contribution in [0.15, 0.2) is 71.2 Å². The van der Waals surface area contributed by atoms with Crippen molar-refractivity contribution in [2.24, 2.45) is 0 Å². The summed E-state index contributed by atoms with van der Waals surface area (Å²) in [5.41, 5.74) is 3.61. The number of hydrogen-bond donors (Lipinski definition) is 1. The van der Waals surface area contributed by atoms with Gasteiger partial charge < -0.3 is 10.1 Å². The molecule has 1 aromatic heterocycles. The number of benzene rings is 3. The minimum atomic E-state index is 0.0126. The fourth-order valence-corrected chi connectivity index (χ4v) is 4.36. The maximum absolute atomic E-state index is 12.4. The molecule has 0 atom stereocenters. The Labute approximate surface area is 175 Å². The van der Waals surface area contributed by atoms with Crippen LogP contribution in [-0.2, 0) is 0 Å². The lowest BCUT2D eigenvalue weighted by Gasteiger charge is -2.08. The normalized spacial score (nSPS) is 10.8. The van der Waals surface area contributed by atoms with E-state index >= 15 is 0 Å². The lowest BCUT2D eigenvalue weighted by molar-refractivity contribution is 0.101. The van der Waals surface area contributed by atoms with Gasteiger partial charge in [0.05, 0.1) is 28.3 Å². The highest BCUT2D eigenvalue weighted by Crippen LogP contribution is 2.30. The van der Waals surface area contributed by atoms with Crippen molar-refractivity contribution in [3.63, 3.8) is 0 Å². The van der Waals surface area contributed by atoms with Crippen molar-refractivity contribution in [1.82, 2.24) is 4.98 Å². The summed E-state index contributed by atoms with van der Waals surface area (Å²) in [5.74, 6) is 0.716. The molecule has 0 amide bonds. The zero-order valence-corrected chi connectivity index (χ0v) is 17.5. The van der Waals surface area contributed by atoms with E-state index in [1.165, 1.54) is 4.70 Å². The number of thiazole rings is 1. The summed E-state index contributed by atoms with van der Waals surface area (Å²) in [5, 5.41) is 4.18. The average molecular weight is 453 g/mol. The summed E-state index contributed by atoms with van der Waals surface area (Å²) in [6, 6.07) is 21.4. The second-order valence-electron chi connectivity index (χ2n) is 6.19. The molecule has 4 aromatic rings. The molecular formula is C22H17BrN2O2S. The number of fused-ring (bicyclic) bond motifs is 1. The van der Waals surface area contributed by atoms with E-state index in [0.717, 1.165) is 26.2 Å². The highest BCUT2D eigenvalue weighted by atomic mass is 79.9. The van der Waals surface area contributed by atoms with Gasteiger partial charge in [0.25, 0.3) is 0 Å². The number of anilines is 1. The molecule has 0 aliphatic carbocycles. The lowest BCUT2D eigenvalue weighted by Crippen LogP contribution is -2.14. The van der Waals surface area contributed by atoms with E-state index in [2.05, 4.69) is 32.3 Å². The van der Waals surface area contributed by atoms with E-state index in [9.17, 15) is 4.79 Å². The number of para-hydroxylation sites is 1. The minimum Gasteiger partial charge on any atom is -0.496 e. The van der Waals surface area contributed by atoms with Crippen molar-refractivity contribution >= 4 is 49.0 Å². The van der Waals surface area contributed by atoms with Gasteiger partial charge in [0.2, 0.25) is 0 Å². The van der Waals surface area contributed by atoms with Crippen LogP contribution < -0.4 is 10.1 Å². The van der Waals surface area contributed by atoms with Crippen LogP contribution in [0.2, 0.25) is 0 Å². The molecule has 0 radical (unpaired) electrons. The molecule has 0 saturated heterocycles. The third-order valence-electron chi connectivity index (χ3n) is 4.35. The number of Topliss-reactive ketones (excluding diaryl/α,β-unsaturated/α-hetero) is 1. The molecule has 0 fully saturated rings. The standard InChI is InChI=1S/C22H17BrN2O2S/c1-27-20-11-8-15(12-17(20)23)19(26)13-24-16-9-6-14(7-10-16)22-25-18-4-2-3-5-21(18)28-22/h2-12,24H,13H2,1H3. The van der Waals surface area contributed by atoms with Crippen LogP contribution in [0, 0.1) is 0 Å². The molecule has 0 saturated carbocycles. The van der Waals surface area contributed by atoms with Gasteiger partial charge in [0.15, 0.2) is 5.78 Å². The monoisotopic (exact) mass is 452 g/mol. The molecule has 0 aliphatic heterocycles. The number of methoxy groups -OCH3 is 1. The molecule has 3 aromatic carbocycles. The van der Waals surface area contributed by atoms with Crippen LogP contribution >= 0.6 is 27.3 Å². The van der Waals surface area contributed by atoms with Gasteiger partial charge >= 0.3 is 0 Å². The molecule has 28 heavy (non-hydrogen) atoms. The first kappa shape index (κ1) is 18.7. The van der Waals surface area contributed by atoms with Crippen molar-refractivity contribution in [2.75, 3.05) is 19.0 Å². The van der Waals surface area contributed by atoms with Crippen LogP contribution in [0.3, 0.4) is 0 Å². The number of ether oxygens (including phenoxy) is 1. The largest absolute Gasteiger partial charge is 0.496 e. The molecule has 4 nitrogen and oxygen atoms in total. The highest BCUT2D eigenvalue weighted by molar-refractivity contribution is 9.10. The van der Waals surface area contributed by atoms with E-state index in [1.807, 2.05) is 42.5 Å². The first-order valence-corrected chi connectivity index (χ1v) is 10.3. The van der Waals surface area contributed by atoms with E-state index in [0.29, 0.717) is 11.3 Å². The molecule has 1 heterocycles. The van der Waals surface area contributed by atoms with Gasteiger partial charge in [0, 0.05) is 16.8 Å². The zero-order valence-electron chi connectivity index (χ0n) is 15.1. The van der Waals surface area contributed by atoms with Gasteiger partial charge in [-0.25, -0.2) is 4.98 Å². The number of aromatic nitrogens is 1. The van der Waals surface area contributed by atoms with Gasteiger partial charge in [-0.1, -0.05) is 12.1 Å². The Hall–Kier alpha value is -2.70. The molecule has 0 spiro atoms. The van der Waals surface area contributed by atoms with Crippen molar-refractivity contribution in [2.45, 2.75) is 0 Å². The predicted molar refractivity (Wildman–Crippen MR) is 119 cm³/mol. The molecule has 140 valence electrons. The van der Waals surface area contributed by atoms with Gasteiger partial charge in [-0.2, -0.15) is 0 Å². The second-order valence-corrected chi connectivity index (χ2v) is 8.08.